The third kappa shape index (κ3) is 10.7. The quantitative estimate of drug-likeness (QED) is 0.244. The van der Waals surface area contributed by atoms with E-state index >= 15 is 0 Å². The Morgan fingerprint density at radius 3 is 1.83 bits per heavy atom. The van der Waals surface area contributed by atoms with Gasteiger partial charge in [0, 0.05) is 63.9 Å². The van der Waals surface area contributed by atoms with Crippen molar-refractivity contribution in [3.8, 4) is 143 Å². The summed E-state index contributed by atoms with van der Waals surface area (Å²) in [5.74, 6) is 49.8. The van der Waals surface area contributed by atoms with Crippen molar-refractivity contribution in [2.75, 3.05) is 13.7 Å². The first-order valence-electron chi connectivity index (χ1n) is 16.4. The Hall–Kier alpha value is -7.60. The van der Waals surface area contributed by atoms with Gasteiger partial charge < -0.3 is 14.5 Å². The molecule has 0 saturated carbocycles. The molecule has 1 unspecified atom stereocenters. The molecule has 0 aliphatic carbocycles. The molecule has 0 radical (unpaired) electrons. The van der Waals surface area contributed by atoms with E-state index in [0.29, 0.717) is 12.6 Å². The van der Waals surface area contributed by atoms with Gasteiger partial charge >= 0.3 is 0 Å². The Bertz CT molecular complexity index is 2670. The maximum absolute atomic E-state index is 6.26. The second kappa shape index (κ2) is 20.3. The van der Waals surface area contributed by atoms with Crippen LogP contribution in [0.15, 0.2) is 65.1 Å². The fourth-order valence-electron chi connectivity index (χ4n) is 5.80. The molecular weight excluding hydrogens is 728 g/mol. The van der Waals surface area contributed by atoms with Gasteiger partial charge in [0.1, 0.15) is 6.61 Å². The molecule has 5 heteroatoms. The highest BCUT2D eigenvalue weighted by molar-refractivity contribution is 9.10. The Kier molecular flexibility index (Phi) is 14.2. The van der Waals surface area contributed by atoms with Crippen molar-refractivity contribution in [1.82, 2.24) is 9.88 Å². The van der Waals surface area contributed by atoms with Crippen LogP contribution in [0.5, 0.6) is 11.5 Å². The van der Waals surface area contributed by atoms with Gasteiger partial charge in [-0.25, -0.2) is 0 Å². The topological polar surface area (TPSA) is 37.5 Å². The highest BCUT2D eigenvalue weighted by Crippen LogP contribution is 2.44. The van der Waals surface area contributed by atoms with Gasteiger partial charge in [0.05, 0.1) is 7.11 Å². The lowest BCUT2D eigenvalue weighted by Gasteiger charge is -2.40. The Balaban J connectivity index is 0.000000226. The summed E-state index contributed by atoms with van der Waals surface area (Å²) >= 11 is 3.49. The number of hydrogen-bond donors (Lipinski definition) is 1. The SMILES string of the molecule is C#CC#CC#CC#CC#CC#CC#CC#CC#CC#CC#C.COc1cc2c(cc1OCc1ccc(Br)cc1)C1Cc3c([nH]c4ccccc34)CN1CC2. The lowest BCUT2D eigenvalue weighted by molar-refractivity contribution is 0.158. The van der Waals surface area contributed by atoms with Crippen LogP contribution in [0.2, 0.25) is 0 Å². The van der Waals surface area contributed by atoms with E-state index in [0.717, 1.165) is 47.5 Å². The van der Waals surface area contributed by atoms with Crippen molar-refractivity contribution < 1.29 is 9.47 Å². The maximum Gasteiger partial charge on any atom is 0.162 e. The van der Waals surface area contributed by atoms with Crippen molar-refractivity contribution in [3.63, 3.8) is 0 Å². The van der Waals surface area contributed by atoms with Crippen LogP contribution >= 0.6 is 15.9 Å². The number of aromatic nitrogens is 1. The number of aromatic amines is 1. The standard InChI is InChI=1S/C27H25BrN2O2.C22H2/c1-31-26-12-18-10-11-30-15-24-22(20-4-2-3-5-23(20)29-24)13-25(30)21(18)14-27(26)32-16-17-6-8-19(28)9-7-17;1-3-5-7-9-11-13-15-17-19-21-22-20-18-16-14-12-10-8-6-4-2/h2-9,12,14,25,29H,10-11,13,15-16H2,1H3;1-2H. The molecule has 0 fully saturated rings. The number of benzene rings is 3. The number of para-hydroxylation sites is 1. The van der Waals surface area contributed by atoms with Crippen molar-refractivity contribution in [2.45, 2.75) is 32.0 Å². The zero-order valence-corrected chi connectivity index (χ0v) is 30.8. The molecule has 0 saturated heterocycles. The number of methoxy groups -OCH3 is 1. The van der Waals surface area contributed by atoms with Gasteiger partial charge in [-0.3, -0.25) is 4.90 Å². The summed E-state index contributed by atoms with van der Waals surface area (Å²) in [5.41, 5.74) is 7.96. The van der Waals surface area contributed by atoms with Crippen LogP contribution in [0.4, 0.5) is 0 Å². The number of H-pyrrole nitrogens is 1. The maximum atomic E-state index is 6.26. The van der Waals surface area contributed by atoms with Gasteiger partial charge in [-0.05, 0) is 160 Å². The third-order valence-corrected chi connectivity index (χ3v) is 8.60. The molecule has 0 bridgehead atoms. The van der Waals surface area contributed by atoms with Crippen molar-refractivity contribution >= 4 is 26.8 Å². The predicted molar refractivity (Wildman–Crippen MR) is 218 cm³/mol. The molecule has 252 valence electrons. The molecule has 1 atom stereocenters. The van der Waals surface area contributed by atoms with E-state index in [2.05, 4.69) is 193 Å². The zero-order valence-electron chi connectivity index (χ0n) is 29.2. The summed E-state index contributed by atoms with van der Waals surface area (Å²) in [6.45, 7) is 2.55. The monoisotopic (exact) mass is 754 g/mol. The average molecular weight is 756 g/mol. The molecule has 1 aromatic heterocycles. The van der Waals surface area contributed by atoms with Crippen LogP contribution in [0.1, 0.15) is 34.0 Å². The van der Waals surface area contributed by atoms with E-state index in [1.807, 2.05) is 12.1 Å². The third-order valence-electron chi connectivity index (χ3n) is 8.07. The fourth-order valence-corrected chi connectivity index (χ4v) is 6.06. The number of nitrogens with one attached hydrogen (secondary N) is 1. The molecular formula is C49H27BrN2O2. The van der Waals surface area contributed by atoms with Gasteiger partial charge in [0.15, 0.2) is 11.5 Å². The summed E-state index contributed by atoms with van der Waals surface area (Å²) in [7, 11) is 1.72. The van der Waals surface area contributed by atoms with E-state index < -0.39 is 0 Å². The second-order valence-corrected chi connectivity index (χ2v) is 12.1. The van der Waals surface area contributed by atoms with E-state index in [9.17, 15) is 0 Å². The minimum atomic E-state index is 0.367. The van der Waals surface area contributed by atoms with Crippen LogP contribution in [0.3, 0.4) is 0 Å². The molecule has 1 N–H and O–H groups in total. The van der Waals surface area contributed by atoms with Gasteiger partial charge in [0.2, 0.25) is 0 Å². The van der Waals surface area contributed by atoms with Crippen LogP contribution in [-0.2, 0) is 26.0 Å². The summed E-state index contributed by atoms with van der Waals surface area (Å²) in [6, 6.07) is 21.7. The highest BCUT2D eigenvalue weighted by Gasteiger charge is 2.34. The molecule has 2 aliphatic heterocycles. The number of terminal acetylenes is 2. The van der Waals surface area contributed by atoms with Crippen molar-refractivity contribution in [1.29, 1.82) is 0 Å². The molecule has 0 amide bonds. The molecule has 0 spiro atoms. The van der Waals surface area contributed by atoms with E-state index in [4.69, 9.17) is 22.3 Å². The molecule has 3 aromatic carbocycles. The lowest BCUT2D eigenvalue weighted by Crippen LogP contribution is -2.39. The first-order valence-corrected chi connectivity index (χ1v) is 17.2. The first-order chi connectivity index (χ1) is 26.6. The molecule has 6 rings (SSSR count). The molecule has 4 aromatic rings. The van der Waals surface area contributed by atoms with Gasteiger partial charge in [-0.2, -0.15) is 0 Å². The number of halogens is 1. The number of hydrogen-bond acceptors (Lipinski definition) is 3. The summed E-state index contributed by atoms with van der Waals surface area (Å²) in [6.07, 6.45) is 11.8. The van der Waals surface area contributed by atoms with Gasteiger partial charge in [-0.15, -0.1) is 12.8 Å². The number of ether oxygens (including phenoxy) is 2. The van der Waals surface area contributed by atoms with Crippen LogP contribution < -0.4 is 9.47 Å². The first kappa shape index (κ1) is 37.7. The lowest BCUT2D eigenvalue weighted by atomic mass is 9.85. The van der Waals surface area contributed by atoms with Gasteiger partial charge in [-0.1, -0.05) is 46.3 Å². The summed E-state index contributed by atoms with van der Waals surface area (Å²) in [5, 5.41) is 1.36. The van der Waals surface area contributed by atoms with Crippen LogP contribution in [-0.4, -0.2) is 23.5 Å². The van der Waals surface area contributed by atoms with Crippen molar-refractivity contribution in [3.05, 3.63) is 93.1 Å². The van der Waals surface area contributed by atoms with Crippen LogP contribution in [0.25, 0.3) is 10.9 Å². The number of rotatable bonds is 4. The van der Waals surface area contributed by atoms with Gasteiger partial charge in [0.25, 0.3) is 0 Å². The van der Waals surface area contributed by atoms with E-state index in [1.165, 1.54) is 33.3 Å². The molecule has 3 heterocycles. The molecule has 54 heavy (non-hydrogen) atoms. The normalized spacial score (nSPS) is 11.9. The Labute approximate surface area is 326 Å². The minimum absolute atomic E-state index is 0.367. The fraction of sp³-hybridized carbons (Fsp3) is 0.143. The predicted octanol–water partition coefficient (Wildman–Crippen LogP) is 6.46. The van der Waals surface area contributed by atoms with E-state index in [1.54, 1.807) is 7.11 Å². The van der Waals surface area contributed by atoms with Crippen molar-refractivity contribution in [2.24, 2.45) is 0 Å². The number of fused-ring (bicyclic) bond motifs is 6. The number of nitrogens with zero attached hydrogens (tertiary/aromatic N) is 1. The zero-order chi connectivity index (χ0) is 37.8. The summed E-state index contributed by atoms with van der Waals surface area (Å²) in [4.78, 5) is 6.26. The minimum Gasteiger partial charge on any atom is -0.493 e. The van der Waals surface area contributed by atoms with Crippen LogP contribution in [0, 0.1) is 131 Å². The highest BCUT2D eigenvalue weighted by atomic mass is 79.9. The van der Waals surface area contributed by atoms with E-state index in [-0.39, 0.29) is 0 Å². The smallest absolute Gasteiger partial charge is 0.162 e. The Morgan fingerprint density at radius 1 is 0.722 bits per heavy atom. The summed E-state index contributed by atoms with van der Waals surface area (Å²) < 4.78 is 13.0. The average Bonchev–Trinajstić information content (AvgIpc) is 3.56. The second-order valence-electron chi connectivity index (χ2n) is 11.2. The Morgan fingerprint density at radius 2 is 1.28 bits per heavy atom. The largest absolute Gasteiger partial charge is 0.493 e. The molecule has 4 nitrogen and oxygen atoms in total. The molecule has 2 aliphatic rings.